The maximum absolute atomic E-state index is 11.8. The number of aromatic nitrogens is 1. The Balaban J connectivity index is 1.95. The molecule has 10 heteroatoms. The normalized spacial score (nSPS) is 30.5. The van der Waals surface area contributed by atoms with Gasteiger partial charge in [-0.15, -0.1) is 0 Å². The number of hydrogen-bond donors (Lipinski definition) is 6. The molecule has 3 amide bonds. The molecular formula is C13H17N3O7. The monoisotopic (exact) mass is 327 g/mol. The average Bonchev–Trinajstić information content (AvgIpc) is 2.56. The maximum atomic E-state index is 11.8. The lowest BCUT2D eigenvalue weighted by molar-refractivity contribution is -0.233. The Labute approximate surface area is 130 Å². The van der Waals surface area contributed by atoms with Crippen molar-refractivity contribution in [1.82, 2.24) is 15.6 Å². The van der Waals surface area contributed by atoms with Crippen LogP contribution in [0.5, 0.6) is 0 Å². The molecule has 1 aromatic heterocycles. The second-order valence-electron chi connectivity index (χ2n) is 4.89. The van der Waals surface area contributed by atoms with E-state index in [0.29, 0.717) is 0 Å². The Morgan fingerprint density at radius 2 is 1.91 bits per heavy atom. The van der Waals surface area contributed by atoms with Gasteiger partial charge in [0.05, 0.1) is 6.61 Å². The third kappa shape index (κ3) is 4.00. The number of carbonyl (C=O) groups excluding carboxylic acids is 2. The van der Waals surface area contributed by atoms with E-state index in [4.69, 9.17) is 9.84 Å². The molecular weight excluding hydrogens is 310 g/mol. The third-order valence-corrected chi connectivity index (χ3v) is 3.29. The summed E-state index contributed by atoms with van der Waals surface area (Å²) in [6, 6.07) is 3.57. The van der Waals surface area contributed by atoms with E-state index in [0.717, 1.165) is 0 Å². The van der Waals surface area contributed by atoms with Crippen LogP contribution in [0.3, 0.4) is 0 Å². The molecule has 1 aromatic rings. The average molecular weight is 327 g/mol. The molecule has 0 unspecified atom stereocenters. The van der Waals surface area contributed by atoms with Gasteiger partial charge in [-0.25, -0.2) is 4.79 Å². The number of imide groups is 1. The molecule has 126 valence electrons. The highest BCUT2D eigenvalue weighted by molar-refractivity contribution is 6.03. The Kier molecular flexibility index (Phi) is 5.58. The largest absolute Gasteiger partial charge is 0.394 e. The van der Waals surface area contributed by atoms with Crippen LogP contribution >= 0.6 is 0 Å². The molecule has 2 heterocycles. The van der Waals surface area contributed by atoms with Gasteiger partial charge in [-0.2, -0.15) is 0 Å². The zero-order valence-electron chi connectivity index (χ0n) is 11.9. The van der Waals surface area contributed by atoms with Gasteiger partial charge in [0.2, 0.25) is 0 Å². The first-order chi connectivity index (χ1) is 10.9. The molecule has 1 saturated heterocycles. The number of nitrogens with one attached hydrogen (secondary N) is 2. The first-order valence-corrected chi connectivity index (χ1v) is 6.77. The standard InChI is InChI=1S/C13H17N3O7/c17-5-7-8(18)9(19)10(20)12(23-7)16-13(22)15-11(21)6-3-1-2-4-14-6/h1-4,7-10,12,17-20H,5H2,(H2,15,16,21,22)/t7-,8-,9+,10-,12-/m1/s1. The fourth-order valence-electron chi connectivity index (χ4n) is 2.05. The molecule has 0 aromatic carbocycles. The van der Waals surface area contributed by atoms with Crippen molar-refractivity contribution in [3.8, 4) is 0 Å². The smallest absolute Gasteiger partial charge is 0.323 e. The van der Waals surface area contributed by atoms with Crippen LogP contribution in [-0.2, 0) is 4.74 Å². The minimum atomic E-state index is -1.64. The Hall–Kier alpha value is -2.11. The van der Waals surface area contributed by atoms with Crippen molar-refractivity contribution in [2.75, 3.05) is 6.61 Å². The molecule has 0 radical (unpaired) electrons. The molecule has 2 rings (SSSR count). The predicted molar refractivity (Wildman–Crippen MR) is 74.0 cm³/mol. The minimum Gasteiger partial charge on any atom is -0.394 e. The Bertz CT molecular complexity index is 554. The van der Waals surface area contributed by atoms with Crippen molar-refractivity contribution in [3.05, 3.63) is 30.1 Å². The van der Waals surface area contributed by atoms with Crippen molar-refractivity contribution < 1.29 is 34.8 Å². The van der Waals surface area contributed by atoms with Crippen molar-refractivity contribution in [3.63, 3.8) is 0 Å². The van der Waals surface area contributed by atoms with Gasteiger partial charge < -0.3 is 30.5 Å². The summed E-state index contributed by atoms with van der Waals surface area (Å²) in [7, 11) is 0. The van der Waals surface area contributed by atoms with Crippen LogP contribution in [0.1, 0.15) is 10.5 Å². The van der Waals surface area contributed by atoms with E-state index in [2.05, 4.69) is 10.3 Å². The molecule has 6 N–H and O–H groups in total. The van der Waals surface area contributed by atoms with E-state index < -0.39 is 49.2 Å². The van der Waals surface area contributed by atoms with Gasteiger partial charge in [-0.1, -0.05) is 6.07 Å². The van der Waals surface area contributed by atoms with Crippen LogP contribution < -0.4 is 10.6 Å². The first-order valence-electron chi connectivity index (χ1n) is 6.77. The van der Waals surface area contributed by atoms with Crippen LogP contribution in [-0.4, -0.2) is 74.6 Å². The number of hydrogen-bond acceptors (Lipinski definition) is 8. The number of aliphatic hydroxyl groups is 4. The molecule has 1 fully saturated rings. The SMILES string of the molecule is O=C(NC(=O)c1ccccn1)N[C@@H]1O[C@H](CO)[C@@H](O)[C@H](O)[C@H]1O. The Morgan fingerprint density at radius 1 is 1.17 bits per heavy atom. The van der Waals surface area contributed by atoms with Crippen LogP contribution in [0, 0.1) is 0 Å². The fourth-order valence-corrected chi connectivity index (χ4v) is 2.05. The summed E-state index contributed by atoms with van der Waals surface area (Å²) >= 11 is 0. The lowest BCUT2D eigenvalue weighted by atomic mass is 9.98. The molecule has 0 saturated carbocycles. The topological polar surface area (TPSA) is 161 Å². The quantitative estimate of drug-likeness (QED) is 0.350. The van der Waals surface area contributed by atoms with Gasteiger partial charge in [-0.3, -0.25) is 15.1 Å². The van der Waals surface area contributed by atoms with Gasteiger partial charge in [0, 0.05) is 6.20 Å². The first kappa shape index (κ1) is 17.2. The van der Waals surface area contributed by atoms with Crippen LogP contribution in [0.2, 0.25) is 0 Å². The highest BCUT2D eigenvalue weighted by atomic mass is 16.6. The molecule has 0 aliphatic carbocycles. The van der Waals surface area contributed by atoms with Crippen LogP contribution in [0.25, 0.3) is 0 Å². The lowest BCUT2D eigenvalue weighted by Gasteiger charge is -2.39. The molecule has 23 heavy (non-hydrogen) atoms. The zero-order valence-corrected chi connectivity index (χ0v) is 11.9. The predicted octanol–water partition coefficient (Wildman–Crippen LogP) is -2.68. The van der Waals surface area contributed by atoms with Crippen LogP contribution in [0.15, 0.2) is 24.4 Å². The van der Waals surface area contributed by atoms with E-state index in [1.165, 1.54) is 12.3 Å². The summed E-state index contributed by atoms with van der Waals surface area (Å²) in [5.41, 5.74) is 0.0106. The number of urea groups is 1. The highest BCUT2D eigenvalue weighted by Gasteiger charge is 2.44. The molecule has 1 aliphatic rings. The van der Waals surface area contributed by atoms with Crippen LogP contribution in [0.4, 0.5) is 4.79 Å². The van der Waals surface area contributed by atoms with E-state index in [-0.39, 0.29) is 5.69 Å². The molecule has 0 bridgehead atoms. The molecule has 1 aliphatic heterocycles. The van der Waals surface area contributed by atoms with E-state index in [9.17, 15) is 24.9 Å². The number of amides is 3. The molecule has 10 nitrogen and oxygen atoms in total. The number of nitrogens with zero attached hydrogens (tertiary/aromatic N) is 1. The number of carbonyl (C=O) groups is 2. The van der Waals surface area contributed by atoms with Crippen molar-refractivity contribution in [2.24, 2.45) is 0 Å². The molecule has 5 atom stereocenters. The van der Waals surface area contributed by atoms with Crippen molar-refractivity contribution in [2.45, 2.75) is 30.6 Å². The third-order valence-electron chi connectivity index (χ3n) is 3.29. The van der Waals surface area contributed by atoms with Gasteiger partial charge in [-0.05, 0) is 12.1 Å². The summed E-state index contributed by atoms with van der Waals surface area (Å²) < 4.78 is 5.08. The summed E-state index contributed by atoms with van der Waals surface area (Å²) in [6.45, 7) is -0.627. The van der Waals surface area contributed by atoms with Crippen molar-refractivity contribution in [1.29, 1.82) is 0 Å². The number of rotatable bonds is 3. The molecule has 0 spiro atoms. The summed E-state index contributed by atoms with van der Waals surface area (Å²) in [5.74, 6) is -0.771. The summed E-state index contributed by atoms with van der Waals surface area (Å²) in [5, 5.41) is 42.1. The van der Waals surface area contributed by atoms with E-state index in [1.54, 1.807) is 12.1 Å². The van der Waals surface area contributed by atoms with Gasteiger partial charge in [0.1, 0.15) is 30.1 Å². The van der Waals surface area contributed by atoms with Crippen molar-refractivity contribution >= 4 is 11.9 Å². The summed E-state index contributed by atoms with van der Waals surface area (Å²) in [4.78, 5) is 27.3. The summed E-state index contributed by atoms with van der Waals surface area (Å²) in [6.07, 6.45) is -6.00. The maximum Gasteiger partial charge on any atom is 0.323 e. The number of pyridine rings is 1. The number of ether oxygens (including phenoxy) is 1. The van der Waals surface area contributed by atoms with E-state index in [1.807, 2.05) is 5.32 Å². The van der Waals surface area contributed by atoms with Gasteiger partial charge in [0.15, 0.2) is 6.23 Å². The number of aliphatic hydroxyl groups excluding tert-OH is 4. The van der Waals surface area contributed by atoms with E-state index >= 15 is 0 Å². The zero-order chi connectivity index (χ0) is 17.0. The Morgan fingerprint density at radius 3 is 2.52 bits per heavy atom. The second kappa shape index (κ2) is 7.44. The highest BCUT2D eigenvalue weighted by Crippen LogP contribution is 2.19. The fraction of sp³-hybridized carbons (Fsp3) is 0.462. The lowest BCUT2D eigenvalue weighted by Crippen LogP contribution is -2.64. The van der Waals surface area contributed by atoms with Gasteiger partial charge in [0.25, 0.3) is 5.91 Å². The second-order valence-corrected chi connectivity index (χ2v) is 4.89. The van der Waals surface area contributed by atoms with Gasteiger partial charge >= 0.3 is 6.03 Å². The minimum absolute atomic E-state index is 0.0106.